The second-order valence-corrected chi connectivity index (χ2v) is 4.01. The van der Waals surface area contributed by atoms with Crippen LogP contribution in [-0.4, -0.2) is 53.9 Å². The molecule has 72 valence electrons. The lowest BCUT2D eigenvalue weighted by atomic mass is 10.3. The lowest BCUT2D eigenvalue weighted by molar-refractivity contribution is 0.126. The standard InChI is InChI=1S/C9H20N2O/c1-8(2)10(3)7-11-5-4-9(12)6-11/h8-9,12H,4-7H2,1-3H3. The van der Waals surface area contributed by atoms with Gasteiger partial charge < -0.3 is 5.11 Å². The van der Waals surface area contributed by atoms with Gasteiger partial charge >= 0.3 is 0 Å². The topological polar surface area (TPSA) is 26.7 Å². The van der Waals surface area contributed by atoms with Gasteiger partial charge in [0.25, 0.3) is 0 Å². The predicted octanol–water partition coefficient (Wildman–Crippen LogP) is 0.351. The average Bonchev–Trinajstić information content (AvgIpc) is 2.35. The zero-order valence-corrected chi connectivity index (χ0v) is 8.32. The maximum Gasteiger partial charge on any atom is 0.0679 e. The second kappa shape index (κ2) is 4.21. The van der Waals surface area contributed by atoms with Gasteiger partial charge in [-0.2, -0.15) is 0 Å². The van der Waals surface area contributed by atoms with Gasteiger partial charge in [0.2, 0.25) is 0 Å². The van der Waals surface area contributed by atoms with Gasteiger partial charge in [-0.25, -0.2) is 0 Å². The van der Waals surface area contributed by atoms with Crippen molar-refractivity contribution in [2.75, 3.05) is 26.8 Å². The van der Waals surface area contributed by atoms with Crippen molar-refractivity contribution in [2.24, 2.45) is 0 Å². The summed E-state index contributed by atoms with van der Waals surface area (Å²) < 4.78 is 0. The lowest BCUT2D eigenvalue weighted by Crippen LogP contribution is -2.38. The van der Waals surface area contributed by atoms with Gasteiger partial charge in [-0.05, 0) is 27.3 Å². The Morgan fingerprint density at radius 1 is 1.58 bits per heavy atom. The molecule has 12 heavy (non-hydrogen) atoms. The van der Waals surface area contributed by atoms with Crippen LogP contribution in [0, 0.1) is 0 Å². The molecule has 3 heteroatoms. The number of aliphatic hydroxyl groups excluding tert-OH is 1. The molecule has 0 aromatic rings. The molecule has 0 saturated carbocycles. The highest BCUT2D eigenvalue weighted by atomic mass is 16.3. The van der Waals surface area contributed by atoms with E-state index in [-0.39, 0.29) is 6.10 Å². The molecule has 1 heterocycles. The summed E-state index contributed by atoms with van der Waals surface area (Å²) in [5.41, 5.74) is 0. The Labute approximate surface area is 75.0 Å². The Hall–Kier alpha value is -0.120. The van der Waals surface area contributed by atoms with Crippen molar-refractivity contribution in [1.29, 1.82) is 0 Å². The van der Waals surface area contributed by atoms with Gasteiger partial charge in [0.1, 0.15) is 0 Å². The minimum Gasteiger partial charge on any atom is -0.392 e. The molecular weight excluding hydrogens is 152 g/mol. The summed E-state index contributed by atoms with van der Waals surface area (Å²) >= 11 is 0. The third-order valence-electron chi connectivity index (χ3n) is 2.55. The van der Waals surface area contributed by atoms with Crippen LogP contribution in [0.3, 0.4) is 0 Å². The van der Waals surface area contributed by atoms with Gasteiger partial charge in [-0.3, -0.25) is 9.80 Å². The van der Waals surface area contributed by atoms with Crippen molar-refractivity contribution in [1.82, 2.24) is 9.80 Å². The van der Waals surface area contributed by atoms with Crippen LogP contribution in [0.2, 0.25) is 0 Å². The minimum atomic E-state index is -0.0921. The lowest BCUT2D eigenvalue weighted by Gasteiger charge is -2.26. The normalized spacial score (nSPS) is 26.0. The molecule has 0 spiro atoms. The molecule has 1 N–H and O–H groups in total. The van der Waals surface area contributed by atoms with Crippen molar-refractivity contribution >= 4 is 0 Å². The van der Waals surface area contributed by atoms with Crippen molar-refractivity contribution in [2.45, 2.75) is 32.4 Å². The van der Waals surface area contributed by atoms with Gasteiger partial charge in [0, 0.05) is 19.1 Å². The summed E-state index contributed by atoms with van der Waals surface area (Å²) in [6.07, 6.45) is 0.844. The largest absolute Gasteiger partial charge is 0.392 e. The molecule has 3 nitrogen and oxygen atoms in total. The molecular formula is C9H20N2O. The number of hydrogen-bond acceptors (Lipinski definition) is 3. The number of likely N-dealkylation sites (tertiary alicyclic amines) is 1. The number of rotatable bonds is 3. The van der Waals surface area contributed by atoms with Crippen molar-refractivity contribution in [3.63, 3.8) is 0 Å². The molecule has 0 amide bonds. The molecule has 0 aromatic heterocycles. The van der Waals surface area contributed by atoms with E-state index in [2.05, 4.69) is 30.7 Å². The fourth-order valence-corrected chi connectivity index (χ4v) is 1.42. The van der Waals surface area contributed by atoms with E-state index in [0.717, 1.165) is 26.2 Å². The van der Waals surface area contributed by atoms with Crippen LogP contribution in [0.15, 0.2) is 0 Å². The third kappa shape index (κ3) is 2.73. The number of hydrogen-bond donors (Lipinski definition) is 1. The van der Waals surface area contributed by atoms with E-state index in [4.69, 9.17) is 0 Å². The van der Waals surface area contributed by atoms with Crippen LogP contribution in [-0.2, 0) is 0 Å². The third-order valence-corrected chi connectivity index (χ3v) is 2.55. The molecule has 0 bridgehead atoms. The molecule has 0 aromatic carbocycles. The van der Waals surface area contributed by atoms with E-state index >= 15 is 0 Å². The molecule has 1 aliphatic heterocycles. The maximum absolute atomic E-state index is 9.29. The van der Waals surface area contributed by atoms with E-state index in [9.17, 15) is 5.11 Å². The Balaban J connectivity index is 2.23. The van der Waals surface area contributed by atoms with E-state index in [1.54, 1.807) is 0 Å². The number of β-amino-alcohol motifs (C(OH)–C–C–N with tert-alkyl or cyclic N) is 1. The molecule has 1 saturated heterocycles. The molecule has 1 rings (SSSR count). The Morgan fingerprint density at radius 3 is 2.67 bits per heavy atom. The van der Waals surface area contributed by atoms with E-state index < -0.39 is 0 Å². The Morgan fingerprint density at radius 2 is 2.25 bits per heavy atom. The molecule has 0 radical (unpaired) electrons. The molecule has 0 aliphatic carbocycles. The summed E-state index contributed by atoms with van der Waals surface area (Å²) in [7, 11) is 2.12. The summed E-state index contributed by atoms with van der Waals surface area (Å²) in [5, 5.41) is 9.29. The fraction of sp³-hybridized carbons (Fsp3) is 1.00. The van der Waals surface area contributed by atoms with Crippen LogP contribution in [0.25, 0.3) is 0 Å². The number of aliphatic hydroxyl groups is 1. The minimum absolute atomic E-state index is 0.0921. The maximum atomic E-state index is 9.29. The van der Waals surface area contributed by atoms with Crippen LogP contribution in [0.4, 0.5) is 0 Å². The van der Waals surface area contributed by atoms with E-state index in [1.807, 2.05) is 0 Å². The Kier molecular flexibility index (Phi) is 3.50. The predicted molar refractivity (Wildman–Crippen MR) is 50.0 cm³/mol. The highest BCUT2D eigenvalue weighted by molar-refractivity contribution is 4.74. The van der Waals surface area contributed by atoms with Crippen molar-refractivity contribution in [3.05, 3.63) is 0 Å². The second-order valence-electron chi connectivity index (χ2n) is 4.01. The van der Waals surface area contributed by atoms with Crippen LogP contribution in [0.1, 0.15) is 20.3 Å². The SMILES string of the molecule is CC(C)N(C)CN1CCC(O)C1. The first-order valence-electron chi connectivity index (χ1n) is 4.70. The van der Waals surface area contributed by atoms with Gasteiger partial charge in [0.05, 0.1) is 12.8 Å². The fourth-order valence-electron chi connectivity index (χ4n) is 1.42. The quantitative estimate of drug-likeness (QED) is 0.665. The summed E-state index contributed by atoms with van der Waals surface area (Å²) in [6.45, 7) is 7.24. The summed E-state index contributed by atoms with van der Waals surface area (Å²) in [6, 6.07) is 0.586. The van der Waals surface area contributed by atoms with E-state index in [0.29, 0.717) is 6.04 Å². The first kappa shape index (κ1) is 9.96. The zero-order valence-electron chi connectivity index (χ0n) is 8.32. The van der Waals surface area contributed by atoms with Gasteiger partial charge in [-0.1, -0.05) is 0 Å². The van der Waals surface area contributed by atoms with Crippen LogP contribution < -0.4 is 0 Å². The molecule has 1 aliphatic rings. The van der Waals surface area contributed by atoms with Gasteiger partial charge in [0.15, 0.2) is 0 Å². The molecule has 1 unspecified atom stereocenters. The highest BCUT2D eigenvalue weighted by Crippen LogP contribution is 2.09. The monoisotopic (exact) mass is 172 g/mol. The van der Waals surface area contributed by atoms with E-state index in [1.165, 1.54) is 0 Å². The first-order valence-corrected chi connectivity index (χ1v) is 4.70. The average molecular weight is 172 g/mol. The van der Waals surface area contributed by atoms with Crippen molar-refractivity contribution < 1.29 is 5.11 Å². The molecule has 1 atom stereocenters. The van der Waals surface area contributed by atoms with Crippen LogP contribution in [0.5, 0.6) is 0 Å². The zero-order chi connectivity index (χ0) is 9.14. The summed E-state index contributed by atoms with van der Waals surface area (Å²) in [5.74, 6) is 0. The summed E-state index contributed by atoms with van der Waals surface area (Å²) in [4.78, 5) is 4.59. The van der Waals surface area contributed by atoms with Crippen LogP contribution >= 0.6 is 0 Å². The Bertz CT molecular complexity index is 138. The van der Waals surface area contributed by atoms with Crippen molar-refractivity contribution in [3.8, 4) is 0 Å². The van der Waals surface area contributed by atoms with Gasteiger partial charge in [-0.15, -0.1) is 0 Å². The number of nitrogens with zero attached hydrogens (tertiary/aromatic N) is 2. The molecule has 1 fully saturated rings. The highest BCUT2D eigenvalue weighted by Gasteiger charge is 2.21. The first-order chi connectivity index (χ1) is 5.59. The smallest absolute Gasteiger partial charge is 0.0679 e.